The van der Waals surface area contributed by atoms with Crippen LogP contribution in [0.15, 0.2) is 103 Å². The zero-order valence-electron chi connectivity index (χ0n) is 20.2. The van der Waals surface area contributed by atoms with Crippen LogP contribution in [-0.4, -0.2) is 0 Å². The summed E-state index contributed by atoms with van der Waals surface area (Å²) in [5, 5.41) is 5.24. The van der Waals surface area contributed by atoms with Gasteiger partial charge in [0.2, 0.25) is 0 Å². The average Bonchev–Trinajstić information content (AvgIpc) is 3.25. The summed E-state index contributed by atoms with van der Waals surface area (Å²) in [7, 11) is 0. The zero-order valence-corrected chi connectivity index (χ0v) is 20.2. The van der Waals surface area contributed by atoms with Gasteiger partial charge in [0.25, 0.3) is 0 Å². The molecule has 0 N–H and O–H groups in total. The lowest BCUT2D eigenvalue weighted by Crippen LogP contribution is -2.06. The van der Waals surface area contributed by atoms with Gasteiger partial charge >= 0.3 is 0 Å². The Kier molecular flexibility index (Phi) is 4.92. The van der Waals surface area contributed by atoms with Crippen molar-refractivity contribution in [1.82, 2.24) is 0 Å². The minimum atomic E-state index is 0.271. The first-order chi connectivity index (χ1) is 16.5. The van der Waals surface area contributed by atoms with Crippen molar-refractivity contribution in [3.05, 3.63) is 114 Å². The van der Waals surface area contributed by atoms with Crippen LogP contribution in [0.25, 0.3) is 49.9 Å². The minimum Gasteiger partial charge on any atom is -0.0646 e. The lowest BCUT2D eigenvalue weighted by Gasteiger charge is -2.19. The molecule has 0 amide bonds. The predicted octanol–water partition coefficient (Wildman–Crippen LogP) is 9.70. The van der Waals surface area contributed by atoms with Gasteiger partial charge in [0.15, 0.2) is 0 Å². The third-order valence-corrected chi connectivity index (χ3v) is 7.03. The van der Waals surface area contributed by atoms with E-state index in [4.69, 9.17) is 0 Å². The van der Waals surface area contributed by atoms with Gasteiger partial charge in [-0.25, -0.2) is 0 Å². The molecule has 34 heavy (non-hydrogen) atoms. The van der Waals surface area contributed by atoms with Gasteiger partial charge in [-0.15, -0.1) is 0 Å². The molecular weight excluding hydrogens is 408 g/mol. The second-order valence-corrected chi connectivity index (χ2v) is 10.8. The van der Waals surface area contributed by atoms with E-state index in [1.165, 1.54) is 60.5 Å². The van der Waals surface area contributed by atoms with E-state index in [0.717, 1.165) is 12.8 Å². The topological polar surface area (TPSA) is 0 Å². The molecule has 0 aliphatic heterocycles. The molecule has 0 nitrogen and oxygen atoms in total. The minimum absolute atomic E-state index is 0.271. The molecule has 0 bridgehead atoms. The molecule has 0 saturated carbocycles. The van der Waals surface area contributed by atoms with E-state index >= 15 is 0 Å². The van der Waals surface area contributed by atoms with Crippen LogP contribution in [0.2, 0.25) is 0 Å². The Balaban J connectivity index is 1.60. The summed E-state index contributed by atoms with van der Waals surface area (Å²) < 4.78 is 0. The summed E-state index contributed by atoms with van der Waals surface area (Å²) in [5.74, 6) is 0. The van der Waals surface area contributed by atoms with Gasteiger partial charge in [0.1, 0.15) is 0 Å². The molecule has 1 aliphatic rings. The fraction of sp³-hybridized carbons (Fsp3) is 0.176. The zero-order chi connectivity index (χ0) is 23.3. The molecule has 0 atom stereocenters. The lowest BCUT2D eigenvalue weighted by atomic mass is 9.86. The van der Waals surface area contributed by atoms with Gasteiger partial charge in [-0.1, -0.05) is 129 Å². The van der Waals surface area contributed by atoms with Gasteiger partial charge in [0, 0.05) is 0 Å². The number of hydrogen-bond acceptors (Lipinski definition) is 0. The molecule has 0 saturated heterocycles. The van der Waals surface area contributed by atoms with E-state index in [2.05, 4.69) is 124 Å². The third-order valence-electron chi connectivity index (χ3n) is 7.03. The predicted molar refractivity (Wildman–Crippen MR) is 148 cm³/mol. The van der Waals surface area contributed by atoms with Crippen molar-refractivity contribution in [1.29, 1.82) is 0 Å². The maximum Gasteiger partial charge on any atom is -0.00512 e. The van der Waals surface area contributed by atoms with Crippen LogP contribution in [0, 0.1) is 5.41 Å². The van der Waals surface area contributed by atoms with Gasteiger partial charge < -0.3 is 0 Å². The highest BCUT2D eigenvalue weighted by molar-refractivity contribution is 6.02. The standard InChI is InChI=1S/C34H30/c1-34(2,3)22-23-20-32-30(28-16-8-12-24-10-4-6-14-26(24)28)18-19-31(33(32)21-23)29-17-9-13-25-11-5-7-15-27(25)29/h4-20H,21-22H2,1-3H3. The number of rotatable bonds is 3. The fourth-order valence-corrected chi connectivity index (χ4v) is 5.70. The van der Waals surface area contributed by atoms with Crippen LogP contribution >= 0.6 is 0 Å². The summed E-state index contributed by atoms with van der Waals surface area (Å²) in [5.41, 5.74) is 10.1. The number of hydrogen-bond donors (Lipinski definition) is 0. The van der Waals surface area contributed by atoms with Crippen LogP contribution in [0.5, 0.6) is 0 Å². The van der Waals surface area contributed by atoms with Crippen LogP contribution < -0.4 is 0 Å². The smallest absolute Gasteiger partial charge is 0.00512 e. The highest BCUT2D eigenvalue weighted by Crippen LogP contribution is 2.45. The van der Waals surface area contributed by atoms with Crippen molar-refractivity contribution >= 4 is 27.6 Å². The van der Waals surface area contributed by atoms with Crippen molar-refractivity contribution in [3.8, 4) is 22.3 Å². The maximum atomic E-state index is 2.49. The Morgan fingerprint density at radius 1 is 0.559 bits per heavy atom. The van der Waals surface area contributed by atoms with Crippen molar-refractivity contribution < 1.29 is 0 Å². The Labute approximate surface area is 202 Å². The number of fused-ring (bicyclic) bond motifs is 3. The summed E-state index contributed by atoms with van der Waals surface area (Å²) >= 11 is 0. The quantitative estimate of drug-likeness (QED) is 0.263. The summed E-state index contributed by atoms with van der Waals surface area (Å²) in [6.07, 6.45) is 4.64. The maximum absolute atomic E-state index is 2.49. The van der Waals surface area contributed by atoms with E-state index < -0.39 is 0 Å². The van der Waals surface area contributed by atoms with Crippen molar-refractivity contribution in [2.75, 3.05) is 0 Å². The van der Waals surface area contributed by atoms with Gasteiger partial charge in [-0.05, 0) is 73.2 Å². The molecule has 5 aromatic carbocycles. The molecule has 5 aromatic rings. The summed E-state index contributed by atoms with van der Waals surface area (Å²) in [6.45, 7) is 7.02. The largest absolute Gasteiger partial charge is 0.0646 e. The monoisotopic (exact) mass is 438 g/mol. The Bertz CT molecular complexity index is 1560. The third kappa shape index (κ3) is 3.64. The van der Waals surface area contributed by atoms with Gasteiger partial charge in [0.05, 0.1) is 0 Å². The fourth-order valence-electron chi connectivity index (χ4n) is 5.70. The first-order valence-electron chi connectivity index (χ1n) is 12.3. The van der Waals surface area contributed by atoms with E-state index in [9.17, 15) is 0 Å². The van der Waals surface area contributed by atoms with E-state index in [0.29, 0.717) is 0 Å². The van der Waals surface area contributed by atoms with Crippen molar-refractivity contribution in [2.45, 2.75) is 33.6 Å². The highest BCUT2D eigenvalue weighted by atomic mass is 14.3. The molecule has 0 radical (unpaired) electrons. The van der Waals surface area contributed by atoms with E-state index in [-0.39, 0.29) is 5.41 Å². The summed E-state index contributed by atoms with van der Waals surface area (Å²) in [4.78, 5) is 0. The Hall–Kier alpha value is -3.64. The van der Waals surface area contributed by atoms with Crippen LogP contribution in [0.3, 0.4) is 0 Å². The normalized spacial score (nSPS) is 13.3. The van der Waals surface area contributed by atoms with Gasteiger partial charge in [-0.3, -0.25) is 0 Å². The van der Waals surface area contributed by atoms with Crippen LogP contribution in [-0.2, 0) is 6.42 Å². The molecule has 166 valence electrons. The Morgan fingerprint density at radius 3 is 1.71 bits per heavy atom. The molecule has 0 aromatic heterocycles. The molecule has 1 aliphatic carbocycles. The SMILES string of the molecule is CC(C)(C)CC1=Cc2c(-c3cccc4ccccc34)ccc(-c3cccc4ccccc34)c2C1. The molecule has 0 fully saturated rings. The molecule has 6 rings (SSSR count). The number of benzene rings is 5. The average molecular weight is 439 g/mol. The summed E-state index contributed by atoms with van der Waals surface area (Å²) in [6, 6.07) is 35.6. The van der Waals surface area contributed by atoms with Gasteiger partial charge in [-0.2, -0.15) is 0 Å². The Morgan fingerprint density at radius 2 is 1.09 bits per heavy atom. The molecule has 0 spiro atoms. The molecule has 0 heterocycles. The van der Waals surface area contributed by atoms with Crippen molar-refractivity contribution in [3.63, 3.8) is 0 Å². The van der Waals surface area contributed by atoms with E-state index in [1.807, 2.05) is 0 Å². The van der Waals surface area contributed by atoms with Crippen LogP contribution in [0.1, 0.15) is 38.3 Å². The molecule has 0 unspecified atom stereocenters. The lowest BCUT2D eigenvalue weighted by molar-refractivity contribution is 0.408. The van der Waals surface area contributed by atoms with Crippen molar-refractivity contribution in [2.24, 2.45) is 5.41 Å². The molecular formula is C34H30. The first-order valence-corrected chi connectivity index (χ1v) is 12.3. The number of allylic oxidation sites excluding steroid dienone is 1. The second-order valence-electron chi connectivity index (χ2n) is 10.8. The van der Waals surface area contributed by atoms with E-state index in [1.54, 1.807) is 0 Å². The molecule has 0 heteroatoms. The first kappa shape index (κ1) is 20.9. The second kappa shape index (κ2) is 7.99. The highest BCUT2D eigenvalue weighted by Gasteiger charge is 2.25. The van der Waals surface area contributed by atoms with Crippen LogP contribution in [0.4, 0.5) is 0 Å².